The molecule has 0 saturated carbocycles. The Hall–Kier alpha value is -3.46. The first-order chi connectivity index (χ1) is 13.2. The van der Waals surface area contributed by atoms with Gasteiger partial charge < -0.3 is 4.42 Å². The summed E-state index contributed by atoms with van der Waals surface area (Å²) in [5.41, 5.74) is 5.31. The number of nitrogens with zero attached hydrogens (tertiary/aromatic N) is 1. The molecule has 0 amide bonds. The quantitative estimate of drug-likeness (QED) is 0.350. The van der Waals surface area contributed by atoms with Gasteiger partial charge in [0.15, 0.2) is 11.4 Å². The second-order valence-electron chi connectivity index (χ2n) is 6.66. The van der Waals surface area contributed by atoms with E-state index >= 15 is 4.39 Å². The van der Waals surface area contributed by atoms with Crippen molar-refractivity contribution in [2.75, 3.05) is 0 Å². The molecule has 0 aliphatic heterocycles. The molecule has 130 valence electrons. The SMILES string of the molecule is Cc1ccc(-c2c(F)c(-c3ccccc3)nc3c2oc2ccccc23)cc1. The average molecular weight is 353 g/mol. The van der Waals surface area contributed by atoms with Crippen molar-refractivity contribution in [3.8, 4) is 22.4 Å². The Balaban J connectivity index is 1.93. The third-order valence-electron chi connectivity index (χ3n) is 4.83. The molecule has 0 aliphatic rings. The van der Waals surface area contributed by atoms with Crippen molar-refractivity contribution in [2.45, 2.75) is 6.92 Å². The van der Waals surface area contributed by atoms with E-state index in [2.05, 4.69) is 4.98 Å². The van der Waals surface area contributed by atoms with Crippen molar-refractivity contribution < 1.29 is 8.81 Å². The molecular weight excluding hydrogens is 337 g/mol. The fourth-order valence-corrected chi connectivity index (χ4v) is 3.46. The third kappa shape index (κ3) is 2.51. The molecule has 0 radical (unpaired) electrons. The number of hydrogen-bond acceptors (Lipinski definition) is 2. The lowest BCUT2D eigenvalue weighted by Gasteiger charge is -2.10. The summed E-state index contributed by atoms with van der Waals surface area (Å²) in [7, 11) is 0. The number of para-hydroxylation sites is 1. The molecule has 0 unspecified atom stereocenters. The zero-order valence-corrected chi connectivity index (χ0v) is 14.7. The molecule has 2 nitrogen and oxygen atoms in total. The normalized spacial score (nSPS) is 11.3. The lowest BCUT2D eigenvalue weighted by atomic mass is 9.99. The number of fused-ring (bicyclic) bond motifs is 3. The number of furan rings is 1. The second-order valence-corrected chi connectivity index (χ2v) is 6.66. The smallest absolute Gasteiger partial charge is 0.164 e. The van der Waals surface area contributed by atoms with E-state index in [1.54, 1.807) is 0 Å². The van der Waals surface area contributed by atoms with Crippen LogP contribution in [-0.2, 0) is 0 Å². The summed E-state index contributed by atoms with van der Waals surface area (Å²) in [4.78, 5) is 4.67. The van der Waals surface area contributed by atoms with Gasteiger partial charge in [-0.25, -0.2) is 9.37 Å². The summed E-state index contributed by atoms with van der Waals surface area (Å²) in [5, 5.41) is 0.887. The number of halogens is 1. The van der Waals surface area contributed by atoms with E-state index in [1.165, 1.54) is 0 Å². The van der Waals surface area contributed by atoms with Gasteiger partial charge in [0.1, 0.15) is 16.8 Å². The lowest BCUT2D eigenvalue weighted by Crippen LogP contribution is -1.95. The van der Waals surface area contributed by atoms with Gasteiger partial charge in [0, 0.05) is 10.9 Å². The van der Waals surface area contributed by atoms with Crippen LogP contribution >= 0.6 is 0 Å². The first kappa shape index (κ1) is 15.8. The van der Waals surface area contributed by atoms with Crippen molar-refractivity contribution >= 4 is 22.1 Å². The maximum atomic E-state index is 15.7. The fraction of sp³-hybridized carbons (Fsp3) is 0.0417. The molecule has 0 spiro atoms. The second kappa shape index (κ2) is 6.06. The van der Waals surface area contributed by atoms with Gasteiger partial charge in [-0.3, -0.25) is 0 Å². The first-order valence-electron chi connectivity index (χ1n) is 8.85. The van der Waals surface area contributed by atoms with Gasteiger partial charge in [0.25, 0.3) is 0 Å². The molecule has 0 atom stereocenters. The number of hydrogen-bond donors (Lipinski definition) is 0. The number of aryl methyl sites for hydroxylation is 1. The Kier molecular flexibility index (Phi) is 3.54. The van der Waals surface area contributed by atoms with E-state index in [1.807, 2.05) is 85.8 Å². The van der Waals surface area contributed by atoms with E-state index < -0.39 is 0 Å². The van der Waals surface area contributed by atoms with E-state index in [0.29, 0.717) is 27.9 Å². The number of aromatic nitrogens is 1. The van der Waals surface area contributed by atoms with Gasteiger partial charge in [-0.15, -0.1) is 0 Å². The maximum Gasteiger partial charge on any atom is 0.164 e. The highest BCUT2D eigenvalue weighted by atomic mass is 19.1. The highest BCUT2D eigenvalue weighted by Crippen LogP contribution is 2.39. The highest BCUT2D eigenvalue weighted by molar-refractivity contribution is 6.08. The van der Waals surface area contributed by atoms with Crippen LogP contribution in [0.2, 0.25) is 0 Å². The number of rotatable bonds is 2. The molecule has 0 saturated heterocycles. The zero-order valence-electron chi connectivity index (χ0n) is 14.7. The average Bonchev–Trinajstić information content (AvgIpc) is 3.07. The van der Waals surface area contributed by atoms with Crippen LogP contribution in [0.5, 0.6) is 0 Å². The molecule has 0 aliphatic carbocycles. The summed E-state index contributed by atoms with van der Waals surface area (Å²) in [6, 6.07) is 24.9. The van der Waals surface area contributed by atoms with Gasteiger partial charge in [-0.1, -0.05) is 72.3 Å². The van der Waals surface area contributed by atoms with Gasteiger partial charge in [-0.2, -0.15) is 0 Å². The summed E-state index contributed by atoms with van der Waals surface area (Å²) in [5.74, 6) is -0.364. The fourth-order valence-electron chi connectivity index (χ4n) is 3.46. The summed E-state index contributed by atoms with van der Waals surface area (Å²) >= 11 is 0. The van der Waals surface area contributed by atoms with Crippen LogP contribution in [0.1, 0.15) is 5.56 Å². The largest absolute Gasteiger partial charge is 0.454 e. The minimum atomic E-state index is -0.364. The standard InChI is InChI=1S/C24H16FNO/c1-15-11-13-16(14-12-15)20-21(25)22(17-7-3-2-4-8-17)26-23-18-9-5-6-10-19(18)27-24(20)23/h2-14H,1H3. The van der Waals surface area contributed by atoms with Crippen molar-refractivity contribution in [1.82, 2.24) is 4.98 Å². The van der Waals surface area contributed by atoms with E-state index in [0.717, 1.165) is 22.1 Å². The Morgan fingerprint density at radius 3 is 2.26 bits per heavy atom. The van der Waals surface area contributed by atoms with Crippen LogP contribution in [0.4, 0.5) is 4.39 Å². The van der Waals surface area contributed by atoms with E-state index in [-0.39, 0.29) is 5.82 Å². The minimum Gasteiger partial charge on any atom is -0.454 e. The van der Waals surface area contributed by atoms with Crippen molar-refractivity contribution in [3.05, 3.63) is 90.2 Å². The number of pyridine rings is 1. The molecule has 27 heavy (non-hydrogen) atoms. The Labute approximate surface area is 155 Å². The molecule has 0 fully saturated rings. The van der Waals surface area contributed by atoms with Gasteiger partial charge >= 0.3 is 0 Å². The molecule has 3 heteroatoms. The molecule has 3 aromatic carbocycles. The maximum absolute atomic E-state index is 15.7. The van der Waals surface area contributed by atoms with Crippen molar-refractivity contribution in [3.63, 3.8) is 0 Å². The molecule has 0 bridgehead atoms. The van der Waals surface area contributed by atoms with Gasteiger partial charge in [0.05, 0.1) is 5.56 Å². The summed E-state index contributed by atoms with van der Waals surface area (Å²) in [6.45, 7) is 2.01. The molecular formula is C24H16FNO. The van der Waals surface area contributed by atoms with Crippen LogP contribution in [0.25, 0.3) is 44.5 Å². The van der Waals surface area contributed by atoms with Gasteiger partial charge in [-0.05, 0) is 24.6 Å². The lowest BCUT2D eigenvalue weighted by molar-refractivity contribution is 0.620. The predicted octanol–water partition coefficient (Wildman–Crippen LogP) is 6.76. The summed E-state index contributed by atoms with van der Waals surface area (Å²) < 4.78 is 21.7. The van der Waals surface area contributed by atoms with Crippen LogP contribution in [0.3, 0.4) is 0 Å². The first-order valence-corrected chi connectivity index (χ1v) is 8.85. The zero-order chi connectivity index (χ0) is 18.4. The van der Waals surface area contributed by atoms with Crippen molar-refractivity contribution in [2.24, 2.45) is 0 Å². The van der Waals surface area contributed by atoms with Gasteiger partial charge in [0.2, 0.25) is 0 Å². The predicted molar refractivity (Wildman–Crippen MR) is 107 cm³/mol. The Morgan fingerprint density at radius 2 is 1.48 bits per heavy atom. The van der Waals surface area contributed by atoms with Crippen LogP contribution in [-0.4, -0.2) is 4.98 Å². The van der Waals surface area contributed by atoms with E-state index in [4.69, 9.17) is 4.42 Å². The van der Waals surface area contributed by atoms with E-state index in [9.17, 15) is 0 Å². The minimum absolute atomic E-state index is 0.338. The Bertz CT molecular complexity index is 1270. The topological polar surface area (TPSA) is 26.0 Å². The molecule has 5 rings (SSSR count). The summed E-state index contributed by atoms with van der Waals surface area (Å²) in [6.07, 6.45) is 0. The molecule has 2 heterocycles. The Morgan fingerprint density at radius 1 is 0.778 bits per heavy atom. The third-order valence-corrected chi connectivity index (χ3v) is 4.83. The van der Waals surface area contributed by atoms with Crippen molar-refractivity contribution in [1.29, 1.82) is 0 Å². The molecule has 2 aromatic heterocycles. The number of benzene rings is 3. The van der Waals surface area contributed by atoms with Crippen LogP contribution in [0.15, 0.2) is 83.3 Å². The van der Waals surface area contributed by atoms with Crippen LogP contribution in [0, 0.1) is 12.7 Å². The van der Waals surface area contributed by atoms with Crippen LogP contribution < -0.4 is 0 Å². The molecule has 0 N–H and O–H groups in total. The monoisotopic (exact) mass is 353 g/mol. The highest BCUT2D eigenvalue weighted by Gasteiger charge is 2.22. The molecule has 5 aromatic rings.